The Bertz CT molecular complexity index is 603. The summed E-state index contributed by atoms with van der Waals surface area (Å²) < 4.78 is 14.7. The fraction of sp³-hybridized carbons (Fsp3) is 0.250. The SMILES string of the molecule is CC(N[C@@H](C)c1cccc(Cl)c1)c1cc(Br)ccc1F. The molecule has 0 radical (unpaired) electrons. The molecule has 0 amide bonds. The Morgan fingerprint density at radius 2 is 1.85 bits per heavy atom. The van der Waals surface area contributed by atoms with Gasteiger partial charge in [-0.25, -0.2) is 4.39 Å². The van der Waals surface area contributed by atoms with Crippen molar-refractivity contribution in [2.24, 2.45) is 0 Å². The second kappa shape index (κ2) is 6.70. The largest absolute Gasteiger partial charge is 0.304 e. The van der Waals surface area contributed by atoms with Crippen LogP contribution in [0.25, 0.3) is 0 Å². The maximum atomic E-state index is 13.9. The molecule has 4 heteroatoms. The molecule has 0 aliphatic carbocycles. The Balaban J connectivity index is 2.15. The molecule has 2 aromatic carbocycles. The molecule has 2 rings (SSSR count). The van der Waals surface area contributed by atoms with Crippen LogP contribution in [0.2, 0.25) is 5.02 Å². The molecule has 0 aromatic heterocycles. The number of hydrogen-bond acceptors (Lipinski definition) is 1. The maximum Gasteiger partial charge on any atom is 0.128 e. The van der Waals surface area contributed by atoms with Crippen LogP contribution in [-0.2, 0) is 0 Å². The molecule has 0 heterocycles. The van der Waals surface area contributed by atoms with Crippen molar-refractivity contribution in [2.75, 3.05) is 0 Å². The van der Waals surface area contributed by atoms with E-state index in [9.17, 15) is 4.39 Å². The summed E-state index contributed by atoms with van der Waals surface area (Å²) in [4.78, 5) is 0. The van der Waals surface area contributed by atoms with E-state index in [0.29, 0.717) is 10.6 Å². The molecule has 0 bridgehead atoms. The molecule has 0 spiro atoms. The van der Waals surface area contributed by atoms with Crippen molar-refractivity contribution in [3.05, 3.63) is 68.9 Å². The number of hydrogen-bond donors (Lipinski definition) is 1. The van der Waals surface area contributed by atoms with Crippen molar-refractivity contribution in [2.45, 2.75) is 25.9 Å². The van der Waals surface area contributed by atoms with Gasteiger partial charge in [0.15, 0.2) is 0 Å². The third-order valence-corrected chi connectivity index (χ3v) is 4.00. The average molecular weight is 357 g/mol. The summed E-state index contributed by atoms with van der Waals surface area (Å²) in [6, 6.07) is 12.7. The Morgan fingerprint density at radius 1 is 1.10 bits per heavy atom. The van der Waals surface area contributed by atoms with Crippen LogP contribution in [0.3, 0.4) is 0 Å². The molecule has 2 aromatic rings. The first-order chi connectivity index (χ1) is 9.47. The minimum absolute atomic E-state index is 0.0853. The summed E-state index contributed by atoms with van der Waals surface area (Å²) in [6.07, 6.45) is 0. The van der Waals surface area contributed by atoms with E-state index in [1.54, 1.807) is 12.1 Å². The predicted octanol–water partition coefficient (Wildman–Crippen LogP) is 5.65. The monoisotopic (exact) mass is 355 g/mol. The highest BCUT2D eigenvalue weighted by Gasteiger charge is 2.15. The molecule has 0 aliphatic heterocycles. The topological polar surface area (TPSA) is 12.0 Å². The normalized spacial score (nSPS) is 14.1. The highest BCUT2D eigenvalue weighted by molar-refractivity contribution is 9.10. The lowest BCUT2D eigenvalue weighted by Crippen LogP contribution is -2.23. The van der Waals surface area contributed by atoms with Crippen LogP contribution in [0.4, 0.5) is 4.39 Å². The molecule has 0 fully saturated rings. The zero-order valence-electron chi connectivity index (χ0n) is 11.3. The minimum Gasteiger partial charge on any atom is -0.304 e. The van der Waals surface area contributed by atoms with Gasteiger partial charge in [-0.1, -0.05) is 39.7 Å². The summed E-state index contributed by atoms with van der Waals surface area (Å²) in [5.41, 5.74) is 1.73. The molecule has 106 valence electrons. The van der Waals surface area contributed by atoms with E-state index >= 15 is 0 Å². The first-order valence-electron chi connectivity index (χ1n) is 6.44. The van der Waals surface area contributed by atoms with E-state index in [1.807, 2.05) is 38.1 Å². The van der Waals surface area contributed by atoms with E-state index in [2.05, 4.69) is 21.2 Å². The van der Waals surface area contributed by atoms with Crippen LogP contribution in [-0.4, -0.2) is 0 Å². The van der Waals surface area contributed by atoms with Crippen molar-refractivity contribution < 1.29 is 4.39 Å². The molecule has 1 unspecified atom stereocenters. The number of halogens is 3. The predicted molar refractivity (Wildman–Crippen MR) is 85.5 cm³/mol. The summed E-state index contributed by atoms with van der Waals surface area (Å²) >= 11 is 9.37. The van der Waals surface area contributed by atoms with Gasteiger partial charge in [0.05, 0.1) is 0 Å². The molecule has 2 atom stereocenters. The zero-order chi connectivity index (χ0) is 14.7. The van der Waals surface area contributed by atoms with Crippen molar-refractivity contribution in [3.8, 4) is 0 Å². The van der Waals surface area contributed by atoms with Crippen molar-refractivity contribution >= 4 is 27.5 Å². The van der Waals surface area contributed by atoms with Gasteiger partial charge in [-0.05, 0) is 49.7 Å². The van der Waals surface area contributed by atoms with Gasteiger partial charge in [0.1, 0.15) is 5.82 Å². The van der Waals surface area contributed by atoms with Crippen molar-refractivity contribution in [1.82, 2.24) is 5.32 Å². The van der Waals surface area contributed by atoms with E-state index in [-0.39, 0.29) is 17.9 Å². The van der Waals surface area contributed by atoms with Gasteiger partial charge in [-0.2, -0.15) is 0 Å². The van der Waals surface area contributed by atoms with E-state index < -0.39 is 0 Å². The maximum absolute atomic E-state index is 13.9. The van der Waals surface area contributed by atoms with Crippen molar-refractivity contribution in [1.29, 1.82) is 0 Å². The fourth-order valence-corrected chi connectivity index (χ4v) is 2.76. The lowest BCUT2D eigenvalue weighted by Gasteiger charge is -2.21. The Labute approximate surface area is 132 Å². The lowest BCUT2D eigenvalue weighted by molar-refractivity contribution is 0.474. The molecular formula is C16H16BrClFN. The van der Waals surface area contributed by atoms with Gasteiger partial charge in [-0.15, -0.1) is 0 Å². The highest BCUT2D eigenvalue weighted by Crippen LogP contribution is 2.25. The standard InChI is InChI=1S/C16H16BrClFN/c1-10(12-4-3-5-14(18)8-12)20-11(2)15-9-13(17)6-7-16(15)19/h3-11,20H,1-2H3/t10-,11?/m0/s1. The summed E-state index contributed by atoms with van der Waals surface area (Å²) in [7, 11) is 0. The molecule has 1 N–H and O–H groups in total. The van der Waals surface area contributed by atoms with E-state index in [1.165, 1.54) is 6.07 Å². The number of nitrogens with one attached hydrogen (secondary N) is 1. The van der Waals surface area contributed by atoms with Crippen LogP contribution in [0, 0.1) is 5.82 Å². The molecule has 0 aliphatic rings. The van der Waals surface area contributed by atoms with Crippen LogP contribution >= 0.6 is 27.5 Å². The Hall–Kier alpha value is -0.900. The molecule has 0 saturated heterocycles. The zero-order valence-corrected chi connectivity index (χ0v) is 13.7. The van der Waals surface area contributed by atoms with Gasteiger partial charge < -0.3 is 5.32 Å². The van der Waals surface area contributed by atoms with Crippen LogP contribution in [0.15, 0.2) is 46.9 Å². The first-order valence-corrected chi connectivity index (χ1v) is 7.61. The molecule has 1 nitrogen and oxygen atoms in total. The van der Waals surface area contributed by atoms with Gasteiger partial charge in [0.25, 0.3) is 0 Å². The highest BCUT2D eigenvalue weighted by atomic mass is 79.9. The summed E-state index contributed by atoms with van der Waals surface area (Å²) in [5, 5.41) is 4.09. The average Bonchev–Trinajstić information content (AvgIpc) is 2.41. The molecule has 0 saturated carbocycles. The third-order valence-electron chi connectivity index (χ3n) is 3.27. The fourth-order valence-electron chi connectivity index (χ4n) is 2.18. The second-order valence-electron chi connectivity index (χ2n) is 4.83. The van der Waals surface area contributed by atoms with E-state index in [4.69, 9.17) is 11.6 Å². The van der Waals surface area contributed by atoms with Crippen molar-refractivity contribution in [3.63, 3.8) is 0 Å². The Kier molecular flexibility index (Phi) is 5.19. The Morgan fingerprint density at radius 3 is 2.55 bits per heavy atom. The smallest absolute Gasteiger partial charge is 0.128 e. The van der Waals surface area contributed by atoms with Crippen LogP contribution < -0.4 is 5.32 Å². The molecule has 20 heavy (non-hydrogen) atoms. The van der Waals surface area contributed by atoms with Crippen LogP contribution in [0.1, 0.15) is 37.1 Å². The summed E-state index contributed by atoms with van der Waals surface area (Å²) in [5.74, 6) is -0.202. The van der Waals surface area contributed by atoms with Gasteiger partial charge >= 0.3 is 0 Å². The summed E-state index contributed by atoms with van der Waals surface area (Å²) in [6.45, 7) is 3.99. The molecular weight excluding hydrogens is 341 g/mol. The van der Waals surface area contributed by atoms with Gasteiger partial charge in [0.2, 0.25) is 0 Å². The van der Waals surface area contributed by atoms with E-state index in [0.717, 1.165) is 10.0 Å². The lowest BCUT2D eigenvalue weighted by atomic mass is 10.0. The van der Waals surface area contributed by atoms with Gasteiger partial charge in [-0.3, -0.25) is 0 Å². The van der Waals surface area contributed by atoms with Crippen LogP contribution in [0.5, 0.6) is 0 Å². The number of benzene rings is 2. The first kappa shape index (κ1) is 15.5. The third kappa shape index (κ3) is 3.81. The quantitative estimate of drug-likeness (QED) is 0.746. The number of rotatable bonds is 4. The van der Waals surface area contributed by atoms with Gasteiger partial charge in [0, 0.05) is 27.1 Å². The minimum atomic E-state index is -0.202. The second-order valence-corrected chi connectivity index (χ2v) is 6.18.